The first-order chi connectivity index (χ1) is 33.4. The number of benzene rings is 8. The molecule has 332 valence electrons. The van der Waals surface area contributed by atoms with Crippen LogP contribution in [0.15, 0.2) is 150 Å². The zero-order chi connectivity index (χ0) is 46.3. The standard InChI is InChI=1S/C61H44N4S4/c1-59(2)43-25-33-31-23-37(55-62-47-15-7-11-19-51(47)66-55)39(57-64-49-17-9-13-21-53(49)68-57)29-45(31)60(3,4)41(33)27-35(43)36-28-42-34(26-44(36)59)32-24-38(56-63-48-16-8-12-20-52(48)67-56)40(30-46(32)61(42,5)6)58-65-50-18-10-14-22-54(50)69-58/h7-30,57,64H,1-6H3. The van der Waals surface area contributed by atoms with Gasteiger partial charge in [-0.1, -0.05) is 108 Å². The van der Waals surface area contributed by atoms with Crippen molar-refractivity contribution in [2.24, 2.45) is 0 Å². The second-order valence-electron chi connectivity index (χ2n) is 20.8. The van der Waals surface area contributed by atoms with Crippen molar-refractivity contribution in [1.82, 2.24) is 15.0 Å². The van der Waals surface area contributed by atoms with E-state index < -0.39 is 0 Å². The van der Waals surface area contributed by atoms with Crippen molar-refractivity contribution < 1.29 is 0 Å². The van der Waals surface area contributed by atoms with E-state index in [-0.39, 0.29) is 21.6 Å². The quantitative estimate of drug-likeness (QED) is 0.190. The molecule has 1 unspecified atom stereocenters. The lowest BCUT2D eigenvalue weighted by Gasteiger charge is -2.25. The number of aromatic nitrogens is 3. The Kier molecular flexibility index (Phi) is 8.14. The molecular weight excluding hydrogens is 917 g/mol. The van der Waals surface area contributed by atoms with E-state index in [9.17, 15) is 0 Å². The predicted octanol–water partition coefficient (Wildman–Crippen LogP) is 17.7. The number of thiazole rings is 3. The smallest absolute Gasteiger partial charge is 0.125 e. The molecule has 0 bridgehead atoms. The van der Waals surface area contributed by atoms with E-state index in [4.69, 9.17) is 15.0 Å². The number of rotatable bonds is 4. The molecule has 69 heavy (non-hydrogen) atoms. The molecule has 4 nitrogen and oxygen atoms in total. The summed E-state index contributed by atoms with van der Waals surface area (Å²) < 4.78 is 3.61. The molecule has 15 rings (SSSR count). The van der Waals surface area contributed by atoms with Crippen molar-refractivity contribution in [2.45, 2.75) is 68.1 Å². The van der Waals surface area contributed by atoms with Crippen molar-refractivity contribution in [3.8, 4) is 65.1 Å². The summed E-state index contributed by atoms with van der Waals surface area (Å²) in [5.74, 6) is 0. The Bertz CT molecular complexity index is 3960. The number of hydrogen-bond acceptors (Lipinski definition) is 8. The van der Waals surface area contributed by atoms with Gasteiger partial charge >= 0.3 is 0 Å². The van der Waals surface area contributed by atoms with Crippen LogP contribution >= 0.6 is 45.8 Å². The highest BCUT2D eigenvalue weighted by Crippen LogP contribution is 2.61. The van der Waals surface area contributed by atoms with Crippen LogP contribution in [0, 0.1) is 0 Å². The highest BCUT2D eigenvalue weighted by Gasteiger charge is 2.46. The third kappa shape index (κ3) is 5.60. The van der Waals surface area contributed by atoms with Gasteiger partial charge in [-0.2, -0.15) is 0 Å². The third-order valence-electron chi connectivity index (χ3n) is 15.8. The molecule has 3 aromatic heterocycles. The summed E-state index contributed by atoms with van der Waals surface area (Å²) in [4.78, 5) is 17.1. The van der Waals surface area contributed by atoms with Crippen LogP contribution in [0.25, 0.3) is 95.7 Å². The van der Waals surface area contributed by atoms with Gasteiger partial charge in [0.15, 0.2) is 0 Å². The van der Waals surface area contributed by atoms with E-state index in [0.29, 0.717) is 0 Å². The minimum Gasteiger partial charge on any atom is -0.368 e. The van der Waals surface area contributed by atoms with Crippen LogP contribution in [0.5, 0.6) is 0 Å². The average Bonchev–Trinajstić information content (AvgIpc) is 4.23. The van der Waals surface area contributed by atoms with Gasteiger partial charge in [0.05, 0.1) is 30.6 Å². The van der Waals surface area contributed by atoms with E-state index in [0.717, 1.165) is 42.7 Å². The van der Waals surface area contributed by atoms with Crippen molar-refractivity contribution in [1.29, 1.82) is 0 Å². The largest absolute Gasteiger partial charge is 0.368 e. The molecule has 8 heteroatoms. The van der Waals surface area contributed by atoms with Crippen LogP contribution in [0.1, 0.15) is 85.9 Å². The number of thioether (sulfide) groups is 1. The van der Waals surface area contributed by atoms with E-state index in [1.165, 1.54) is 103 Å². The summed E-state index contributed by atoms with van der Waals surface area (Å²) in [6.07, 6.45) is 0. The van der Waals surface area contributed by atoms with Gasteiger partial charge in [-0.15, -0.1) is 34.0 Å². The molecule has 0 saturated carbocycles. The molecule has 4 aliphatic rings. The number of nitrogens with one attached hydrogen (secondary N) is 1. The number of fused-ring (bicyclic) bond motifs is 13. The molecule has 1 atom stereocenters. The molecule has 0 saturated heterocycles. The lowest BCUT2D eigenvalue weighted by atomic mass is 9.78. The molecule has 8 aromatic carbocycles. The highest BCUT2D eigenvalue weighted by atomic mass is 32.2. The average molecular weight is 961 g/mol. The maximum atomic E-state index is 5.29. The zero-order valence-electron chi connectivity index (χ0n) is 38.9. The molecule has 1 N–H and O–H groups in total. The van der Waals surface area contributed by atoms with Gasteiger partial charge < -0.3 is 5.32 Å². The Morgan fingerprint density at radius 1 is 0.377 bits per heavy atom. The minimum atomic E-state index is -0.240. The van der Waals surface area contributed by atoms with Gasteiger partial charge in [-0.3, -0.25) is 0 Å². The summed E-state index contributed by atoms with van der Waals surface area (Å²) in [5, 5.41) is 7.12. The van der Waals surface area contributed by atoms with Crippen molar-refractivity contribution in [3.63, 3.8) is 0 Å². The highest BCUT2D eigenvalue weighted by molar-refractivity contribution is 8.00. The number of anilines is 1. The monoisotopic (exact) mass is 960 g/mol. The normalized spacial score (nSPS) is 17.1. The summed E-state index contributed by atoms with van der Waals surface area (Å²) >= 11 is 7.25. The summed E-state index contributed by atoms with van der Waals surface area (Å²) in [7, 11) is 0. The predicted molar refractivity (Wildman–Crippen MR) is 294 cm³/mol. The molecule has 0 fully saturated rings. The maximum absolute atomic E-state index is 5.29. The Labute approximate surface area is 417 Å². The van der Waals surface area contributed by atoms with E-state index in [2.05, 4.69) is 192 Å². The molecule has 11 aromatic rings. The first kappa shape index (κ1) is 40.5. The number of para-hydroxylation sites is 4. The van der Waals surface area contributed by atoms with Gasteiger partial charge in [-0.05, 0) is 163 Å². The van der Waals surface area contributed by atoms with Crippen LogP contribution in [0.3, 0.4) is 0 Å². The molecule has 0 radical (unpaired) electrons. The summed E-state index contributed by atoms with van der Waals surface area (Å²) in [6.45, 7) is 14.6. The molecule has 0 spiro atoms. The summed E-state index contributed by atoms with van der Waals surface area (Å²) in [5.41, 5.74) is 24.8. The first-order valence-electron chi connectivity index (χ1n) is 23.8. The SMILES string of the molecule is CC1(C)c2cc(-c3nc4ccccc4s3)c(-c3nc4ccccc4s3)cc2-c2cc3c(cc21)-c1cc2c(cc1C3(C)C)-c1cc(-c3nc4ccccc4s3)c(C3Nc4ccccc4S3)cc1C2(C)C. The Balaban J connectivity index is 0.891. The molecular formula is C61H44N4S4. The van der Waals surface area contributed by atoms with Crippen LogP contribution < -0.4 is 5.32 Å². The fourth-order valence-electron chi connectivity index (χ4n) is 12.1. The molecule has 4 heterocycles. The van der Waals surface area contributed by atoms with Crippen molar-refractivity contribution in [2.75, 3.05) is 5.32 Å². The van der Waals surface area contributed by atoms with Gasteiger partial charge in [0.25, 0.3) is 0 Å². The zero-order valence-corrected chi connectivity index (χ0v) is 42.2. The summed E-state index contributed by atoms with van der Waals surface area (Å²) in [6, 6.07) is 54.5. The first-order valence-corrected chi connectivity index (χ1v) is 27.1. The van der Waals surface area contributed by atoms with Crippen molar-refractivity contribution >= 4 is 82.1 Å². The third-order valence-corrected chi connectivity index (χ3v) is 20.3. The van der Waals surface area contributed by atoms with Crippen LogP contribution in [0.2, 0.25) is 0 Å². The van der Waals surface area contributed by atoms with E-state index in [1.54, 1.807) is 34.0 Å². The van der Waals surface area contributed by atoms with E-state index in [1.807, 2.05) is 11.8 Å². The fourth-order valence-corrected chi connectivity index (χ4v) is 16.3. The van der Waals surface area contributed by atoms with E-state index >= 15 is 0 Å². The minimum absolute atomic E-state index is 0.0779. The maximum Gasteiger partial charge on any atom is 0.125 e. The lowest BCUT2D eigenvalue weighted by molar-refractivity contribution is 0.649. The van der Waals surface area contributed by atoms with Crippen LogP contribution in [0.4, 0.5) is 5.69 Å². The Morgan fingerprint density at radius 3 is 1.17 bits per heavy atom. The van der Waals surface area contributed by atoms with Crippen molar-refractivity contribution in [3.05, 3.63) is 185 Å². The fraction of sp³-hybridized carbons (Fsp3) is 0.164. The topological polar surface area (TPSA) is 50.7 Å². The second kappa shape index (κ2) is 13.9. The molecule has 0 amide bonds. The number of nitrogens with zero attached hydrogens (tertiary/aromatic N) is 3. The molecule has 3 aliphatic carbocycles. The van der Waals surface area contributed by atoms with Crippen LogP contribution in [-0.2, 0) is 16.2 Å². The molecule has 1 aliphatic heterocycles. The Morgan fingerprint density at radius 2 is 0.725 bits per heavy atom. The number of hydrogen-bond donors (Lipinski definition) is 1. The Hall–Kier alpha value is -6.42. The second-order valence-corrected chi connectivity index (χ2v) is 25.0. The van der Waals surface area contributed by atoms with Gasteiger partial charge in [0.2, 0.25) is 0 Å². The van der Waals surface area contributed by atoms with Gasteiger partial charge in [0.1, 0.15) is 20.4 Å². The van der Waals surface area contributed by atoms with Gasteiger partial charge in [-0.25, -0.2) is 15.0 Å². The lowest BCUT2D eigenvalue weighted by Crippen LogP contribution is -2.17. The van der Waals surface area contributed by atoms with Crippen LogP contribution in [-0.4, -0.2) is 15.0 Å². The van der Waals surface area contributed by atoms with Gasteiger partial charge in [0, 0.05) is 43.5 Å².